The number of benzene rings is 1. The van der Waals surface area contributed by atoms with Crippen LogP contribution < -0.4 is 0 Å². The number of carbonyl (C=O) groups is 1. The maximum absolute atomic E-state index is 11.7. The van der Waals surface area contributed by atoms with Crippen LogP contribution in [0.25, 0.3) is 0 Å². The summed E-state index contributed by atoms with van der Waals surface area (Å²) < 4.78 is 10.4. The predicted octanol–water partition coefficient (Wildman–Crippen LogP) is 2.19. The average Bonchev–Trinajstić information content (AvgIpc) is 3.02. The number of cyclic esters (lactones) is 1. The van der Waals surface area contributed by atoms with Crippen LogP contribution in [-0.2, 0) is 16.0 Å². The molecule has 18 heavy (non-hydrogen) atoms. The van der Waals surface area contributed by atoms with Crippen LogP contribution in [0.5, 0.6) is 0 Å². The SMILES string of the molecule is O=C1OC(c2ccccc2)=N[C@@H]1Cc1ccco1. The van der Waals surface area contributed by atoms with Crippen LogP contribution in [0, 0.1) is 0 Å². The van der Waals surface area contributed by atoms with Gasteiger partial charge < -0.3 is 9.15 Å². The number of rotatable bonds is 3. The number of carbonyl (C=O) groups excluding carboxylic acids is 1. The fourth-order valence-corrected chi connectivity index (χ4v) is 1.85. The predicted molar refractivity (Wildman–Crippen MR) is 65.3 cm³/mol. The summed E-state index contributed by atoms with van der Waals surface area (Å²) in [5.74, 6) is 0.789. The fourth-order valence-electron chi connectivity index (χ4n) is 1.85. The van der Waals surface area contributed by atoms with E-state index in [1.165, 1.54) is 0 Å². The van der Waals surface area contributed by atoms with Gasteiger partial charge in [0.2, 0.25) is 5.90 Å². The third-order valence-electron chi connectivity index (χ3n) is 2.74. The van der Waals surface area contributed by atoms with E-state index in [1.807, 2.05) is 36.4 Å². The average molecular weight is 241 g/mol. The Morgan fingerprint density at radius 3 is 2.67 bits per heavy atom. The summed E-state index contributed by atoms with van der Waals surface area (Å²) in [7, 11) is 0. The van der Waals surface area contributed by atoms with Gasteiger partial charge in [-0.2, -0.15) is 0 Å². The van der Waals surface area contributed by atoms with Gasteiger partial charge in [0, 0.05) is 12.0 Å². The highest BCUT2D eigenvalue weighted by Gasteiger charge is 2.30. The van der Waals surface area contributed by atoms with Gasteiger partial charge in [0.05, 0.1) is 6.26 Å². The smallest absolute Gasteiger partial charge is 0.338 e. The van der Waals surface area contributed by atoms with Gasteiger partial charge in [-0.15, -0.1) is 0 Å². The molecule has 0 spiro atoms. The third-order valence-corrected chi connectivity index (χ3v) is 2.74. The molecule has 0 N–H and O–H groups in total. The van der Waals surface area contributed by atoms with Crippen molar-refractivity contribution in [2.75, 3.05) is 0 Å². The topological polar surface area (TPSA) is 51.8 Å². The van der Waals surface area contributed by atoms with Gasteiger partial charge in [0.25, 0.3) is 0 Å². The van der Waals surface area contributed by atoms with Crippen molar-refractivity contribution in [1.29, 1.82) is 0 Å². The Hall–Kier alpha value is -2.36. The summed E-state index contributed by atoms with van der Waals surface area (Å²) in [6.07, 6.45) is 2.01. The quantitative estimate of drug-likeness (QED) is 0.774. The second-order valence-electron chi connectivity index (χ2n) is 4.02. The number of nitrogens with zero attached hydrogens (tertiary/aromatic N) is 1. The molecule has 0 fully saturated rings. The Kier molecular flexibility index (Phi) is 2.68. The van der Waals surface area contributed by atoms with Gasteiger partial charge in [-0.1, -0.05) is 18.2 Å². The van der Waals surface area contributed by atoms with Crippen molar-refractivity contribution in [3.8, 4) is 0 Å². The number of ether oxygens (including phenoxy) is 1. The van der Waals surface area contributed by atoms with Crippen molar-refractivity contribution in [3.05, 3.63) is 60.1 Å². The van der Waals surface area contributed by atoms with Gasteiger partial charge in [-0.05, 0) is 24.3 Å². The zero-order valence-electron chi connectivity index (χ0n) is 9.58. The molecule has 4 heteroatoms. The highest BCUT2D eigenvalue weighted by atomic mass is 16.6. The van der Waals surface area contributed by atoms with E-state index in [-0.39, 0.29) is 5.97 Å². The maximum Gasteiger partial charge on any atom is 0.338 e. The minimum absolute atomic E-state index is 0.328. The normalized spacial score (nSPS) is 18.6. The lowest BCUT2D eigenvalue weighted by Gasteiger charge is -1.99. The first-order valence-electron chi connectivity index (χ1n) is 5.70. The zero-order chi connectivity index (χ0) is 12.4. The molecule has 1 aliphatic rings. The summed E-state index contributed by atoms with van der Waals surface area (Å²) in [6, 6.07) is 12.5. The summed E-state index contributed by atoms with van der Waals surface area (Å²) in [5.41, 5.74) is 0.813. The molecule has 0 saturated heterocycles. The van der Waals surface area contributed by atoms with Crippen LogP contribution in [-0.4, -0.2) is 17.9 Å². The van der Waals surface area contributed by atoms with Gasteiger partial charge in [0.15, 0.2) is 6.04 Å². The van der Waals surface area contributed by atoms with Crippen LogP contribution >= 0.6 is 0 Å². The number of aliphatic imine (C=N–C) groups is 1. The summed E-state index contributed by atoms with van der Waals surface area (Å²) in [4.78, 5) is 16.0. The Balaban J connectivity index is 1.81. The summed E-state index contributed by atoms with van der Waals surface area (Å²) in [5, 5.41) is 0. The lowest BCUT2D eigenvalue weighted by Crippen LogP contribution is -2.17. The molecule has 2 aromatic rings. The van der Waals surface area contributed by atoms with Gasteiger partial charge in [0.1, 0.15) is 5.76 Å². The molecule has 0 saturated carbocycles. The van der Waals surface area contributed by atoms with Gasteiger partial charge in [-0.3, -0.25) is 0 Å². The van der Waals surface area contributed by atoms with Crippen LogP contribution in [0.3, 0.4) is 0 Å². The molecule has 4 nitrogen and oxygen atoms in total. The van der Waals surface area contributed by atoms with E-state index in [4.69, 9.17) is 9.15 Å². The van der Waals surface area contributed by atoms with E-state index in [9.17, 15) is 4.79 Å². The second kappa shape index (κ2) is 4.49. The Morgan fingerprint density at radius 1 is 1.11 bits per heavy atom. The Labute approximate surface area is 104 Å². The Bertz CT molecular complexity index is 572. The molecule has 0 radical (unpaired) electrons. The molecule has 1 aromatic heterocycles. The van der Waals surface area contributed by atoms with E-state index >= 15 is 0 Å². The van der Waals surface area contributed by atoms with Crippen LogP contribution in [0.1, 0.15) is 11.3 Å². The number of hydrogen-bond acceptors (Lipinski definition) is 4. The van der Waals surface area contributed by atoms with Crippen molar-refractivity contribution >= 4 is 11.9 Å². The van der Waals surface area contributed by atoms with Gasteiger partial charge in [-0.25, -0.2) is 9.79 Å². The fraction of sp³-hybridized carbons (Fsp3) is 0.143. The molecule has 0 aliphatic carbocycles. The molecule has 0 unspecified atom stereocenters. The summed E-state index contributed by atoms with van der Waals surface area (Å²) >= 11 is 0. The second-order valence-corrected chi connectivity index (χ2v) is 4.02. The Morgan fingerprint density at radius 2 is 1.94 bits per heavy atom. The number of esters is 1. The molecule has 2 heterocycles. The van der Waals surface area contributed by atoms with Crippen LogP contribution in [0.2, 0.25) is 0 Å². The first-order valence-corrected chi connectivity index (χ1v) is 5.70. The highest BCUT2D eigenvalue weighted by molar-refractivity contribution is 6.06. The van der Waals surface area contributed by atoms with E-state index < -0.39 is 6.04 Å². The third kappa shape index (κ3) is 2.05. The first kappa shape index (κ1) is 10.8. The number of hydrogen-bond donors (Lipinski definition) is 0. The van der Waals surface area contributed by atoms with Crippen LogP contribution in [0.15, 0.2) is 58.1 Å². The van der Waals surface area contributed by atoms with E-state index in [0.29, 0.717) is 12.3 Å². The van der Waals surface area contributed by atoms with Gasteiger partial charge >= 0.3 is 5.97 Å². The molecule has 1 atom stereocenters. The van der Waals surface area contributed by atoms with Crippen LogP contribution in [0.4, 0.5) is 0 Å². The molecule has 90 valence electrons. The highest BCUT2D eigenvalue weighted by Crippen LogP contribution is 2.17. The van der Waals surface area contributed by atoms with Crippen molar-refractivity contribution in [2.45, 2.75) is 12.5 Å². The maximum atomic E-state index is 11.7. The van der Waals surface area contributed by atoms with E-state index in [1.54, 1.807) is 12.3 Å². The van der Waals surface area contributed by atoms with Crippen molar-refractivity contribution in [1.82, 2.24) is 0 Å². The minimum Gasteiger partial charge on any atom is -0.469 e. The zero-order valence-corrected chi connectivity index (χ0v) is 9.58. The van der Waals surface area contributed by atoms with E-state index in [2.05, 4.69) is 4.99 Å². The van der Waals surface area contributed by atoms with Crippen molar-refractivity contribution < 1.29 is 13.9 Å². The molecule has 0 bridgehead atoms. The first-order chi connectivity index (χ1) is 8.83. The number of furan rings is 1. The lowest BCUT2D eigenvalue weighted by atomic mass is 10.2. The van der Waals surface area contributed by atoms with Crippen molar-refractivity contribution in [3.63, 3.8) is 0 Å². The molecular formula is C14H11NO3. The largest absolute Gasteiger partial charge is 0.469 e. The molecule has 0 amide bonds. The molecular weight excluding hydrogens is 230 g/mol. The van der Waals surface area contributed by atoms with Crippen molar-refractivity contribution in [2.24, 2.45) is 4.99 Å². The lowest BCUT2D eigenvalue weighted by molar-refractivity contribution is -0.135. The van der Waals surface area contributed by atoms with E-state index in [0.717, 1.165) is 11.3 Å². The molecule has 3 rings (SSSR count). The molecule has 1 aromatic carbocycles. The molecule has 1 aliphatic heterocycles. The standard InChI is InChI=1S/C14H11NO3/c16-14-12(9-11-7-4-8-17-11)15-13(18-14)10-5-2-1-3-6-10/h1-8,12H,9H2/t12-/m1/s1. The minimum atomic E-state index is -0.508. The monoisotopic (exact) mass is 241 g/mol. The summed E-state index contributed by atoms with van der Waals surface area (Å²) in [6.45, 7) is 0.